The molecule has 2 aliphatic heterocycles. The number of carbonyl (C=O) groups is 1. The van der Waals surface area contributed by atoms with Crippen LogP contribution < -0.4 is 5.32 Å². The molecule has 1 aliphatic carbocycles. The average molecular weight is 335 g/mol. The molecule has 0 aromatic heterocycles. The summed E-state index contributed by atoms with van der Waals surface area (Å²) in [5.74, 6) is 2.73. The number of hydrogen-bond donors (Lipinski definition) is 1. The number of amides is 1. The van der Waals surface area contributed by atoms with Gasteiger partial charge in [0.2, 0.25) is 5.91 Å². The summed E-state index contributed by atoms with van der Waals surface area (Å²) in [6, 6.07) is 8.54. The molecule has 4 heteroatoms. The van der Waals surface area contributed by atoms with E-state index in [0.717, 1.165) is 44.4 Å². The molecule has 0 spiro atoms. The van der Waals surface area contributed by atoms with Crippen LogP contribution in [-0.4, -0.2) is 37.0 Å². The number of nitrogens with one attached hydrogen (secondary N) is 1. The molecular formula is C19H27ClN2O. The molecule has 2 heterocycles. The number of benzene rings is 1. The van der Waals surface area contributed by atoms with E-state index in [0.29, 0.717) is 11.8 Å². The fraction of sp³-hybridized carbons (Fsp3) is 0.632. The van der Waals surface area contributed by atoms with Crippen LogP contribution >= 0.6 is 12.4 Å². The van der Waals surface area contributed by atoms with E-state index in [1.807, 2.05) is 0 Å². The van der Waals surface area contributed by atoms with Crippen LogP contribution in [0.25, 0.3) is 0 Å². The van der Waals surface area contributed by atoms with Crippen LogP contribution in [0.15, 0.2) is 24.3 Å². The maximum Gasteiger partial charge on any atom is 0.226 e. The largest absolute Gasteiger partial charge is 0.342 e. The highest BCUT2D eigenvalue weighted by Gasteiger charge is 2.46. The van der Waals surface area contributed by atoms with Crippen LogP contribution in [0.2, 0.25) is 0 Å². The third-order valence-corrected chi connectivity index (χ3v) is 6.03. The zero-order chi connectivity index (χ0) is 15.1. The third-order valence-electron chi connectivity index (χ3n) is 6.03. The van der Waals surface area contributed by atoms with Gasteiger partial charge in [0.15, 0.2) is 0 Å². The number of fused-ring (bicyclic) bond motifs is 1. The Labute approximate surface area is 145 Å². The van der Waals surface area contributed by atoms with Gasteiger partial charge in [0.05, 0.1) is 0 Å². The van der Waals surface area contributed by atoms with Gasteiger partial charge >= 0.3 is 0 Å². The van der Waals surface area contributed by atoms with E-state index in [4.69, 9.17) is 0 Å². The van der Waals surface area contributed by atoms with Crippen LogP contribution in [0.1, 0.15) is 36.3 Å². The zero-order valence-electron chi connectivity index (χ0n) is 13.8. The molecular weight excluding hydrogens is 308 g/mol. The molecule has 3 nitrogen and oxygen atoms in total. The molecule has 1 aromatic carbocycles. The first-order valence-corrected chi connectivity index (χ1v) is 8.79. The molecule has 2 saturated heterocycles. The topological polar surface area (TPSA) is 32.3 Å². The lowest BCUT2D eigenvalue weighted by atomic mass is 9.92. The zero-order valence-corrected chi connectivity index (χ0v) is 14.6. The van der Waals surface area contributed by atoms with E-state index in [1.54, 1.807) is 0 Å². The normalized spacial score (nSPS) is 32.7. The number of aryl methyl sites for hydroxylation is 1. The molecule has 4 rings (SSSR count). The number of carbonyl (C=O) groups excluding carboxylic acids is 1. The van der Waals surface area contributed by atoms with Crippen molar-refractivity contribution in [3.8, 4) is 0 Å². The molecule has 1 amide bonds. The van der Waals surface area contributed by atoms with Crippen LogP contribution in [0.5, 0.6) is 0 Å². The third kappa shape index (κ3) is 3.27. The summed E-state index contributed by atoms with van der Waals surface area (Å²) in [4.78, 5) is 15.0. The number of likely N-dealkylation sites (tertiary alicyclic amines) is 1. The maximum atomic E-state index is 12.8. The summed E-state index contributed by atoms with van der Waals surface area (Å²) in [5.41, 5.74) is 2.72. The summed E-state index contributed by atoms with van der Waals surface area (Å²) in [6.45, 7) is 6.41. The van der Waals surface area contributed by atoms with Crippen LogP contribution in [0, 0.1) is 24.7 Å². The van der Waals surface area contributed by atoms with Crippen molar-refractivity contribution >= 4 is 18.3 Å². The first-order chi connectivity index (χ1) is 10.7. The van der Waals surface area contributed by atoms with E-state index in [2.05, 4.69) is 41.4 Å². The highest BCUT2D eigenvalue weighted by atomic mass is 35.5. The van der Waals surface area contributed by atoms with Crippen LogP contribution in [0.4, 0.5) is 0 Å². The highest BCUT2D eigenvalue weighted by Crippen LogP contribution is 2.49. The Morgan fingerprint density at radius 1 is 1.13 bits per heavy atom. The molecule has 3 fully saturated rings. The minimum atomic E-state index is 0. The van der Waals surface area contributed by atoms with E-state index in [-0.39, 0.29) is 18.3 Å². The Morgan fingerprint density at radius 2 is 1.78 bits per heavy atom. The SMILES string of the molecule is Cc1ccccc1C1CC1C(=O)N1CC[C@@H]2CNC[C@@H]2CC1.Cl. The van der Waals surface area contributed by atoms with Crippen molar-refractivity contribution in [2.45, 2.75) is 32.1 Å². The van der Waals surface area contributed by atoms with E-state index in [9.17, 15) is 4.79 Å². The van der Waals surface area contributed by atoms with Crippen molar-refractivity contribution in [2.24, 2.45) is 17.8 Å². The molecule has 1 aromatic rings. The van der Waals surface area contributed by atoms with Gasteiger partial charge < -0.3 is 10.2 Å². The van der Waals surface area contributed by atoms with Gasteiger partial charge in [-0.15, -0.1) is 12.4 Å². The van der Waals surface area contributed by atoms with Gasteiger partial charge in [-0.3, -0.25) is 4.79 Å². The van der Waals surface area contributed by atoms with Gasteiger partial charge in [0.1, 0.15) is 0 Å². The molecule has 0 bridgehead atoms. The first kappa shape index (κ1) is 16.8. The second-order valence-corrected chi connectivity index (χ2v) is 7.39. The fourth-order valence-corrected chi connectivity index (χ4v) is 4.49. The van der Waals surface area contributed by atoms with Crippen molar-refractivity contribution in [1.29, 1.82) is 0 Å². The summed E-state index contributed by atoms with van der Waals surface area (Å²) in [6.07, 6.45) is 3.42. The lowest BCUT2D eigenvalue weighted by Crippen LogP contribution is -2.34. The lowest BCUT2D eigenvalue weighted by molar-refractivity contribution is -0.132. The van der Waals surface area contributed by atoms with Crippen molar-refractivity contribution in [2.75, 3.05) is 26.2 Å². The summed E-state index contributed by atoms with van der Waals surface area (Å²) in [5, 5.41) is 3.50. The van der Waals surface area contributed by atoms with Gasteiger partial charge in [-0.25, -0.2) is 0 Å². The van der Waals surface area contributed by atoms with Crippen molar-refractivity contribution in [1.82, 2.24) is 10.2 Å². The van der Waals surface area contributed by atoms with Gasteiger partial charge in [-0.1, -0.05) is 24.3 Å². The van der Waals surface area contributed by atoms with E-state index in [1.165, 1.54) is 24.0 Å². The standard InChI is InChI=1S/C19H26N2O.ClH/c1-13-4-2-3-5-16(13)17-10-18(17)19(22)21-8-6-14-11-20-12-15(14)7-9-21;/h2-5,14-15,17-18,20H,6-12H2,1H3;1H/t14-,15+,17?,18?;. The monoisotopic (exact) mass is 334 g/mol. The molecule has 126 valence electrons. The Morgan fingerprint density at radius 3 is 2.43 bits per heavy atom. The predicted octanol–water partition coefficient (Wildman–Crippen LogP) is 2.98. The Hall–Kier alpha value is -1.06. The van der Waals surface area contributed by atoms with E-state index < -0.39 is 0 Å². The number of hydrogen-bond acceptors (Lipinski definition) is 2. The minimum absolute atomic E-state index is 0. The first-order valence-electron chi connectivity index (χ1n) is 8.79. The number of halogens is 1. The Balaban J connectivity index is 0.00000156. The number of rotatable bonds is 2. The molecule has 3 aliphatic rings. The second-order valence-electron chi connectivity index (χ2n) is 7.39. The molecule has 23 heavy (non-hydrogen) atoms. The summed E-state index contributed by atoms with van der Waals surface area (Å²) < 4.78 is 0. The van der Waals surface area contributed by atoms with Crippen molar-refractivity contribution < 1.29 is 4.79 Å². The Bertz CT molecular complexity index is 562. The smallest absolute Gasteiger partial charge is 0.226 e. The molecule has 4 atom stereocenters. The second kappa shape index (κ2) is 6.82. The van der Waals surface area contributed by atoms with Gasteiger partial charge in [0, 0.05) is 19.0 Å². The quantitative estimate of drug-likeness (QED) is 0.901. The Kier molecular flexibility index (Phi) is 4.98. The maximum absolute atomic E-state index is 12.8. The van der Waals surface area contributed by atoms with Gasteiger partial charge in [-0.05, 0) is 68.2 Å². The summed E-state index contributed by atoms with van der Waals surface area (Å²) >= 11 is 0. The minimum Gasteiger partial charge on any atom is -0.342 e. The highest BCUT2D eigenvalue weighted by molar-refractivity contribution is 5.85. The van der Waals surface area contributed by atoms with Gasteiger partial charge in [-0.2, -0.15) is 0 Å². The molecule has 1 N–H and O–H groups in total. The van der Waals surface area contributed by atoms with E-state index >= 15 is 0 Å². The molecule has 2 unspecified atom stereocenters. The van der Waals surface area contributed by atoms with Crippen LogP contribution in [-0.2, 0) is 4.79 Å². The van der Waals surface area contributed by atoms with Crippen molar-refractivity contribution in [3.05, 3.63) is 35.4 Å². The molecule has 0 radical (unpaired) electrons. The lowest BCUT2D eigenvalue weighted by Gasteiger charge is -2.21. The van der Waals surface area contributed by atoms with Gasteiger partial charge in [0.25, 0.3) is 0 Å². The molecule has 1 saturated carbocycles. The van der Waals surface area contributed by atoms with Crippen LogP contribution in [0.3, 0.4) is 0 Å². The number of nitrogens with zero attached hydrogens (tertiary/aromatic N) is 1. The predicted molar refractivity (Wildman–Crippen MR) is 94.9 cm³/mol. The van der Waals surface area contributed by atoms with Crippen molar-refractivity contribution in [3.63, 3.8) is 0 Å². The average Bonchev–Trinajstić information content (AvgIpc) is 3.24. The summed E-state index contributed by atoms with van der Waals surface area (Å²) in [7, 11) is 0. The fourth-order valence-electron chi connectivity index (χ4n) is 4.49.